The zero-order chi connectivity index (χ0) is 10.7. The van der Waals surface area contributed by atoms with Crippen molar-refractivity contribution in [2.24, 2.45) is 11.8 Å². The molecule has 3 unspecified atom stereocenters. The van der Waals surface area contributed by atoms with Gasteiger partial charge in [0.1, 0.15) is 0 Å². The van der Waals surface area contributed by atoms with Crippen LogP contribution < -0.4 is 0 Å². The molecule has 0 amide bonds. The Morgan fingerprint density at radius 1 is 1.40 bits per heavy atom. The van der Waals surface area contributed by atoms with Crippen molar-refractivity contribution in [1.82, 2.24) is 0 Å². The number of hydrogen-bond donors (Lipinski definition) is 0. The lowest BCUT2D eigenvalue weighted by Gasteiger charge is -2.36. The molecule has 0 spiro atoms. The summed E-state index contributed by atoms with van der Waals surface area (Å²) in [5, 5.41) is 10.4. The first-order chi connectivity index (χ1) is 7.33. The topological polar surface area (TPSA) is 33.0 Å². The summed E-state index contributed by atoms with van der Waals surface area (Å²) in [5.74, 6) is 1.14. The van der Waals surface area contributed by atoms with Crippen LogP contribution in [0.3, 0.4) is 0 Å². The second kappa shape index (κ2) is 5.23. The maximum atomic E-state index is 9.13. The molecule has 0 bridgehead atoms. The van der Waals surface area contributed by atoms with E-state index in [2.05, 4.69) is 13.0 Å². The van der Waals surface area contributed by atoms with Crippen LogP contribution in [0.2, 0.25) is 0 Å². The summed E-state index contributed by atoms with van der Waals surface area (Å²) >= 11 is 2.01. The van der Waals surface area contributed by atoms with E-state index in [1.54, 1.807) is 0 Å². The summed E-state index contributed by atoms with van der Waals surface area (Å²) < 4.78 is 5.19. The second-order valence-corrected chi connectivity index (χ2v) is 6.20. The van der Waals surface area contributed by atoms with Crippen molar-refractivity contribution in [2.45, 2.75) is 43.1 Å². The molecule has 84 valence electrons. The van der Waals surface area contributed by atoms with Gasteiger partial charge in [0.2, 0.25) is 0 Å². The molecule has 1 aliphatic heterocycles. The van der Waals surface area contributed by atoms with E-state index in [0.717, 1.165) is 25.6 Å². The maximum Gasteiger partial charge on any atom is 0.0667 e. The van der Waals surface area contributed by atoms with E-state index in [0.29, 0.717) is 16.4 Å². The van der Waals surface area contributed by atoms with Crippen LogP contribution in [0.15, 0.2) is 0 Å². The molecular weight excluding hydrogens is 206 g/mol. The minimum Gasteiger partial charge on any atom is -0.379 e. The molecule has 2 fully saturated rings. The Morgan fingerprint density at radius 2 is 2.20 bits per heavy atom. The average Bonchev–Trinajstić information content (AvgIpc) is 2.23. The Morgan fingerprint density at radius 3 is 2.73 bits per heavy atom. The van der Waals surface area contributed by atoms with E-state index in [4.69, 9.17) is 10.00 Å². The number of hydrogen-bond acceptors (Lipinski definition) is 3. The Bertz CT molecular complexity index is 244. The quantitative estimate of drug-likeness (QED) is 0.740. The summed E-state index contributed by atoms with van der Waals surface area (Å²) in [6, 6.07) is 2.49. The Hall–Kier alpha value is -0.200. The first-order valence-corrected chi connectivity index (χ1v) is 6.90. The molecule has 0 aromatic heterocycles. The first kappa shape index (κ1) is 11.3. The minimum atomic E-state index is 0.290. The maximum absolute atomic E-state index is 9.13. The van der Waals surface area contributed by atoms with Crippen molar-refractivity contribution in [1.29, 1.82) is 5.26 Å². The van der Waals surface area contributed by atoms with Gasteiger partial charge in [0, 0.05) is 5.25 Å². The molecule has 2 aliphatic rings. The highest BCUT2D eigenvalue weighted by molar-refractivity contribution is 8.00. The summed E-state index contributed by atoms with van der Waals surface area (Å²) in [5.41, 5.74) is 0. The summed E-state index contributed by atoms with van der Waals surface area (Å²) in [4.78, 5) is 0. The molecule has 1 saturated heterocycles. The fraction of sp³-hybridized carbons (Fsp3) is 0.917. The van der Waals surface area contributed by atoms with Gasteiger partial charge in [-0.15, -0.1) is 11.8 Å². The van der Waals surface area contributed by atoms with E-state index >= 15 is 0 Å². The van der Waals surface area contributed by atoms with E-state index in [-0.39, 0.29) is 0 Å². The number of thioether (sulfide) groups is 1. The SMILES string of the molecule is CCC1CCC(C#N)C(SC2COC2)C1. The van der Waals surface area contributed by atoms with Crippen molar-refractivity contribution < 1.29 is 4.74 Å². The van der Waals surface area contributed by atoms with E-state index in [1.165, 1.54) is 19.3 Å². The predicted molar refractivity (Wildman–Crippen MR) is 62.7 cm³/mol. The smallest absolute Gasteiger partial charge is 0.0667 e. The molecule has 1 heterocycles. The molecule has 2 rings (SSSR count). The van der Waals surface area contributed by atoms with Crippen LogP contribution in [-0.4, -0.2) is 23.7 Å². The molecule has 0 N–H and O–H groups in total. The van der Waals surface area contributed by atoms with Crippen LogP contribution in [-0.2, 0) is 4.74 Å². The fourth-order valence-electron chi connectivity index (χ4n) is 2.42. The monoisotopic (exact) mass is 225 g/mol. The van der Waals surface area contributed by atoms with Crippen molar-refractivity contribution >= 4 is 11.8 Å². The van der Waals surface area contributed by atoms with Crippen LogP contribution in [0.25, 0.3) is 0 Å². The Kier molecular flexibility index (Phi) is 3.93. The molecule has 0 aromatic carbocycles. The third-order valence-corrected chi connectivity index (χ3v) is 5.15. The fourth-order valence-corrected chi connectivity index (χ4v) is 4.03. The third kappa shape index (κ3) is 2.68. The average molecular weight is 225 g/mol. The number of ether oxygens (including phenoxy) is 1. The van der Waals surface area contributed by atoms with Crippen molar-refractivity contribution in [3.63, 3.8) is 0 Å². The van der Waals surface area contributed by atoms with Gasteiger partial charge in [-0.1, -0.05) is 13.3 Å². The van der Waals surface area contributed by atoms with Crippen molar-refractivity contribution in [3.05, 3.63) is 0 Å². The molecular formula is C12H19NOS. The van der Waals surface area contributed by atoms with Gasteiger partial charge >= 0.3 is 0 Å². The van der Waals surface area contributed by atoms with Crippen LogP contribution in [0, 0.1) is 23.2 Å². The van der Waals surface area contributed by atoms with Gasteiger partial charge in [0.15, 0.2) is 0 Å². The van der Waals surface area contributed by atoms with Crippen LogP contribution in [0.1, 0.15) is 32.6 Å². The molecule has 0 aromatic rings. The van der Waals surface area contributed by atoms with E-state index in [1.807, 2.05) is 11.8 Å². The van der Waals surface area contributed by atoms with E-state index in [9.17, 15) is 0 Å². The lowest BCUT2D eigenvalue weighted by atomic mass is 9.81. The zero-order valence-corrected chi connectivity index (χ0v) is 10.1. The second-order valence-electron chi connectivity index (χ2n) is 4.66. The lowest BCUT2D eigenvalue weighted by Crippen LogP contribution is -2.36. The molecule has 3 atom stereocenters. The van der Waals surface area contributed by atoms with Gasteiger partial charge in [-0.2, -0.15) is 5.26 Å². The van der Waals surface area contributed by atoms with Crippen molar-refractivity contribution in [2.75, 3.05) is 13.2 Å². The molecule has 1 aliphatic carbocycles. The normalized spacial score (nSPS) is 36.9. The van der Waals surface area contributed by atoms with Gasteiger partial charge in [0.05, 0.1) is 30.5 Å². The molecule has 15 heavy (non-hydrogen) atoms. The summed E-state index contributed by atoms with van der Waals surface area (Å²) in [7, 11) is 0. The number of rotatable bonds is 3. The standard InChI is InChI=1S/C12H19NOS/c1-2-9-3-4-10(6-13)12(5-9)15-11-7-14-8-11/h9-12H,2-5,7-8H2,1H3. The van der Waals surface area contributed by atoms with Crippen LogP contribution in [0.5, 0.6) is 0 Å². The minimum absolute atomic E-state index is 0.290. The summed E-state index contributed by atoms with van der Waals surface area (Å²) in [6.07, 6.45) is 4.89. The van der Waals surface area contributed by atoms with Crippen LogP contribution >= 0.6 is 11.8 Å². The lowest BCUT2D eigenvalue weighted by molar-refractivity contribution is 0.0450. The largest absolute Gasteiger partial charge is 0.379 e. The van der Waals surface area contributed by atoms with Crippen molar-refractivity contribution in [3.8, 4) is 6.07 Å². The summed E-state index contributed by atoms with van der Waals surface area (Å²) in [6.45, 7) is 4.07. The molecule has 2 nitrogen and oxygen atoms in total. The van der Waals surface area contributed by atoms with E-state index < -0.39 is 0 Å². The van der Waals surface area contributed by atoms with Gasteiger partial charge in [-0.25, -0.2) is 0 Å². The Labute approximate surface area is 96.4 Å². The predicted octanol–water partition coefficient (Wildman–Crippen LogP) is 2.84. The van der Waals surface area contributed by atoms with Gasteiger partial charge < -0.3 is 4.74 Å². The van der Waals surface area contributed by atoms with Gasteiger partial charge in [0.25, 0.3) is 0 Å². The highest BCUT2D eigenvalue weighted by Crippen LogP contribution is 2.40. The molecule has 0 radical (unpaired) electrons. The molecule has 1 saturated carbocycles. The third-order valence-electron chi connectivity index (χ3n) is 3.62. The zero-order valence-electron chi connectivity index (χ0n) is 9.32. The van der Waals surface area contributed by atoms with Crippen LogP contribution in [0.4, 0.5) is 0 Å². The number of nitrogens with zero attached hydrogens (tertiary/aromatic N) is 1. The number of nitriles is 1. The highest BCUT2D eigenvalue weighted by Gasteiger charge is 2.33. The molecule has 3 heteroatoms. The van der Waals surface area contributed by atoms with Gasteiger partial charge in [-0.05, 0) is 25.2 Å². The first-order valence-electron chi connectivity index (χ1n) is 5.96. The highest BCUT2D eigenvalue weighted by atomic mass is 32.2. The van der Waals surface area contributed by atoms with Gasteiger partial charge in [-0.3, -0.25) is 0 Å². The Balaban J connectivity index is 1.88.